The van der Waals surface area contributed by atoms with Crippen LogP contribution >= 0.6 is 11.3 Å². The number of terminal acetylenes is 1. The molecular formula is C15H15FN2O2S2. The molecule has 0 bridgehead atoms. The van der Waals surface area contributed by atoms with Crippen LogP contribution < -0.4 is 4.72 Å². The fraction of sp³-hybridized carbons (Fsp3) is 0.267. The molecule has 2 rings (SSSR count). The zero-order chi connectivity index (χ0) is 16.2. The number of halogens is 1. The molecule has 7 heteroatoms. The minimum Gasteiger partial charge on any atom is -0.241 e. The van der Waals surface area contributed by atoms with Crippen LogP contribution in [0.25, 0.3) is 10.6 Å². The van der Waals surface area contributed by atoms with Gasteiger partial charge in [-0.2, -0.15) is 0 Å². The molecule has 1 heterocycles. The van der Waals surface area contributed by atoms with E-state index < -0.39 is 10.0 Å². The van der Waals surface area contributed by atoms with Crippen molar-refractivity contribution < 1.29 is 12.8 Å². The highest BCUT2D eigenvalue weighted by molar-refractivity contribution is 7.89. The molecule has 0 saturated heterocycles. The van der Waals surface area contributed by atoms with E-state index in [0.717, 1.165) is 21.1 Å². The first-order chi connectivity index (χ1) is 10.4. The molecule has 4 nitrogen and oxygen atoms in total. The molecule has 1 aromatic heterocycles. The third-order valence-corrected chi connectivity index (χ3v) is 5.39. The molecule has 0 aliphatic heterocycles. The van der Waals surface area contributed by atoms with Crippen molar-refractivity contribution in [3.63, 3.8) is 0 Å². The van der Waals surface area contributed by atoms with Crippen LogP contribution in [-0.4, -0.2) is 25.7 Å². The summed E-state index contributed by atoms with van der Waals surface area (Å²) in [7, 11) is -3.41. The number of nitrogens with zero attached hydrogens (tertiary/aromatic N) is 1. The number of sulfonamides is 1. The van der Waals surface area contributed by atoms with E-state index in [9.17, 15) is 12.8 Å². The summed E-state index contributed by atoms with van der Waals surface area (Å²) >= 11 is 1.47. The number of aromatic nitrogens is 1. The number of hydrogen-bond donors (Lipinski definition) is 1. The molecule has 0 saturated carbocycles. The van der Waals surface area contributed by atoms with Crippen molar-refractivity contribution in [1.82, 2.24) is 9.71 Å². The molecule has 0 aliphatic rings. The van der Waals surface area contributed by atoms with Gasteiger partial charge in [0.1, 0.15) is 16.6 Å². The van der Waals surface area contributed by atoms with Gasteiger partial charge in [0, 0.05) is 17.0 Å². The molecular weight excluding hydrogens is 323 g/mol. The highest BCUT2D eigenvalue weighted by Crippen LogP contribution is 2.28. The van der Waals surface area contributed by atoms with Gasteiger partial charge in [0.05, 0.1) is 5.69 Å². The molecule has 0 unspecified atom stereocenters. The highest BCUT2D eigenvalue weighted by atomic mass is 32.2. The van der Waals surface area contributed by atoms with Crippen LogP contribution in [-0.2, 0) is 16.4 Å². The third kappa shape index (κ3) is 4.37. The number of hydrogen-bond acceptors (Lipinski definition) is 4. The molecule has 0 amide bonds. The second-order valence-electron chi connectivity index (χ2n) is 4.64. The summed E-state index contributed by atoms with van der Waals surface area (Å²) in [4.78, 5) is 5.44. The minimum absolute atomic E-state index is 0.274. The Labute approximate surface area is 133 Å². The molecule has 0 fully saturated rings. The first-order valence-corrected chi connectivity index (χ1v) is 9.01. The Morgan fingerprint density at radius 2 is 2.05 bits per heavy atom. The first-order valence-electron chi connectivity index (χ1n) is 6.54. The van der Waals surface area contributed by atoms with Crippen molar-refractivity contribution in [3.8, 4) is 22.9 Å². The number of rotatable bonds is 6. The van der Waals surface area contributed by atoms with Gasteiger partial charge < -0.3 is 0 Å². The largest absolute Gasteiger partial charge is 0.241 e. The van der Waals surface area contributed by atoms with Crippen LogP contribution in [0.4, 0.5) is 4.39 Å². The lowest BCUT2D eigenvalue weighted by atomic mass is 10.2. The van der Waals surface area contributed by atoms with E-state index in [2.05, 4.69) is 15.6 Å². The smallest absolute Gasteiger partial charge is 0.222 e. The van der Waals surface area contributed by atoms with Gasteiger partial charge in [-0.3, -0.25) is 0 Å². The third-order valence-electron chi connectivity index (χ3n) is 2.93. The zero-order valence-corrected chi connectivity index (χ0v) is 13.6. The van der Waals surface area contributed by atoms with Crippen LogP contribution in [0.1, 0.15) is 10.6 Å². The van der Waals surface area contributed by atoms with Gasteiger partial charge in [0.2, 0.25) is 10.0 Å². The van der Waals surface area contributed by atoms with Gasteiger partial charge in [-0.05, 0) is 37.6 Å². The van der Waals surface area contributed by atoms with Crippen molar-refractivity contribution in [1.29, 1.82) is 0 Å². The molecule has 22 heavy (non-hydrogen) atoms. The SMILES string of the molecule is C#CCS(=O)(=O)NCCc1sc(-c2ccc(F)cc2)nc1C. The zero-order valence-electron chi connectivity index (χ0n) is 12.0. The van der Waals surface area contributed by atoms with E-state index in [4.69, 9.17) is 6.42 Å². The molecule has 2 aromatic rings. The maximum Gasteiger partial charge on any atom is 0.222 e. The van der Waals surface area contributed by atoms with E-state index in [1.807, 2.05) is 6.92 Å². The Kier molecular flexibility index (Phi) is 5.29. The van der Waals surface area contributed by atoms with Gasteiger partial charge in [-0.25, -0.2) is 22.5 Å². The maximum absolute atomic E-state index is 12.9. The van der Waals surface area contributed by atoms with Crippen LogP contribution in [0, 0.1) is 25.1 Å². The van der Waals surface area contributed by atoms with Crippen LogP contribution in [0.15, 0.2) is 24.3 Å². The van der Waals surface area contributed by atoms with E-state index in [-0.39, 0.29) is 18.1 Å². The van der Waals surface area contributed by atoms with Crippen molar-refractivity contribution in [2.24, 2.45) is 0 Å². The van der Waals surface area contributed by atoms with Crippen molar-refractivity contribution in [3.05, 3.63) is 40.7 Å². The van der Waals surface area contributed by atoms with E-state index in [1.54, 1.807) is 12.1 Å². The minimum atomic E-state index is -3.41. The molecule has 0 atom stereocenters. The van der Waals surface area contributed by atoms with E-state index in [0.29, 0.717) is 6.42 Å². The summed E-state index contributed by atoms with van der Waals surface area (Å²) < 4.78 is 38.3. The summed E-state index contributed by atoms with van der Waals surface area (Å²) in [5.41, 5.74) is 1.69. The topological polar surface area (TPSA) is 59.1 Å². The van der Waals surface area contributed by atoms with Crippen molar-refractivity contribution in [2.45, 2.75) is 13.3 Å². The Bertz CT molecular complexity index is 790. The fourth-order valence-electron chi connectivity index (χ4n) is 1.86. The van der Waals surface area contributed by atoms with Crippen LogP contribution in [0.3, 0.4) is 0 Å². The van der Waals surface area contributed by atoms with E-state index >= 15 is 0 Å². The second-order valence-corrected chi connectivity index (χ2v) is 7.53. The predicted molar refractivity (Wildman–Crippen MR) is 86.6 cm³/mol. The standard InChI is InChI=1S/C15H15FN2O2S2/c1-3-10-22(19,20)17-9-8-14-11(2)18-15(21-14)12-4-6-13(16)7-5-12/h1,4-7,17H,8-10H2,2H3. The van der Waals surface area contributed by atoms with Gasteiger partial charge >= 0.3 is 0 Å². The Hall–Kier alpha value is -1.75. The summed E-state index contributed by atoms with van der Waals surface area (Å²) in [6, 6.07) is 6.12. The van der Waals surface area contributed by atoms with Crippen LogP contribution in [0.2, 0.25) is 0 Å². The summed E-state index contributed by atoms with van der Waals surface area (Å²) in [6.45, 7) is 2.14. The van der Waals surface area contributed by atoms with Crippen molar-refractivity contribution in [2.75, 3.05) is 12.3 Å². The molecule has 0 radical (unpaired) electrons. The quantitative estimate of drug-likeness (QED) is 0.823. The Morgan fingerprint density at radius 1 is 1.36 bits per heavy atom. The van der Waals surface area contributed by atoms with Gasteiger partial charge in [0.15, 0.2) is 0 Å². The Balaban J connectivity index is 2.05. The lowest BCUT2D eigenvalue weighted by Crippen LogP contribution is -2.27. The van der Waals surface area contributed by atoms with Crippen molar-refractivity contribution >= 4 is 21.4 Å². The number of thiazole rings is 1. The van der Waals surface area contributed by atoms with Gasteiger partial charge in [-0.1, -0.05) is 5.92 Å². The predicted octanol–water partition coefficient (Wildman–Crippen LogP) is 2.35. The second kappa shape index (κ2) is 7.01. The number of nitrogens with one attached hydrogen (secondary N) is 1. The van der Waals surface area contributed by atoms with Crippen LogP contribution in [0.5, 0.6) is 0 Å². The highest BCUT2D eigenvalue weighted by Gasteiger charge is 2.12. The maximum atomic E-state index is 12.9. The number of benzene rings is 1. The molecule has 0 spiro atoms. The molecule has 1 N–H and O–H groups in total. The summed E-state index contributed by atoms with van der Waals surface area (Å²) in [6.07, 6.45) is 5.53. The monoisotopic (exact) mass is 338 g/mol. The van der Waals surface area contributed by atoms with E-state index in [1.165, 1.54) is 23.5 Å². The Morgan fingerprint density at radius 3 is 2.68 bits per heavy atom. The molecule has 116 valence electrons. The average Bonchev–Trinajstić information content (AvgIpc) is 2.81. The average molecular weight is 338 g/mol. The fourth-order valence-corrected chi connectivity index (χ4v) is 3.66. The first kappa shape index (κ1) is 16.6. The normalized spacial score (nSPS) is 11.3. The number of aryl methyl sites for hydroxylation is 1. The van der Waals surface area contributed by atoms with Gasteiger partial charge in [-0.15, -0.1) is 17.8 Å². The molecule has 1 aromatic carbocycles. The van der Waals surface area contributed by atoms with Gasteiger partial charge in [0.25, 0.3) is 0 Å². The summed E-state index contributed by atoms with van der Waals surface area (Å²) in [5.74, 6) is 1.49. The lowest BCUT2D eigenvalue weighted by molar-refractivity contribution is 0.585. The molecule has 0 aliphatic carbocycles. The lowest BCUT2D eigenvalue weighted by Gasteiger charge is -2.02. The summed E-state index contributed by atoms with van der Waals surface area (Å²) in [5, 5.41) is 0.791.